The molecule has 0 spiro atoms. The number of amidine groups is 2. The second-order valence-corrected chi connectivity index (χ2v) is 8.94. The van der Waals surface area contributed by atoms with Crippen molar-refractivity contribution in [3.63, 3.8) is 0 Å². The fourth-order valence-corrected chi connectivity index (χ4v) is 4.73. The number of fused-ring (bicyclic) bond motifs is 1. The minimum atomic E-state index is -0.553. The Morgan fingerprint density at radius 1 is 1.00 bits per heavy atom. The number of hydrogen-bond acceptors (Lipinski definition) is 5. The number of carbonyl (C=O) groups is 1. The molecule has 2 aliphatic rings. The molecule has 1 amide bonds. The lowest BCUT2D eigenvalue weighted by atomic mass is 10.1. The van der Waals surface area contributed by atoms with Crippen LogP contribution in [0.1, 0.15) is 11.3 Å². The average molecular weight is 502 g/mol. The monoisotopic (exact) mass is 500 g/mol. The lowest BCUT2D eigenvalue weighted by Gasteiger charge is -2.19. The predicted molar refractivity (Wildman–Crippen MR) is 130 cm³/mol. The molecule has 0 radical (unpaired) electrons. The van der Waals surface area contributed by atoms with E-state index < -0.39 is 5.91 Å². The molecule has 10 heteroatoms. The van der Waals surface area contributed by atoms with E-state index in [4.69, 9.17) is 44.6 Å². The van der Waals surface area contributed by atoms with E-state index in [-0.39, 0.29) is 11.4 Å². The number of amides is 1. The van der Waals surface area contributed by atoms with Gasteiger partial charge in [0.05, 0.1) is 15.6 Å². The summed E-state index contributed by atoms with van der Waals surface area (Å²) in [7, 11) is 0. The third-order valence-electron chi connectivity index (χ3n) is 4.67. The van der Waals surface area contributed by atoms with Crippen LogP contribution in [-0.2, 0) is 4.79 Å². The van der Waals surface area contributed by atoms with E-state index in [0.29, 0.717) is 47.9 Å². The molecular formula is C22H11Cl3N4O2S. The van der Waals surface area contributed by atoms with Crippen LogP contribution in [0.2, 0.25) is 15.1 Å². The van der Waals surface area contributed by atoms with E-state index in [1.165, 1.54) is 22.8 Å². The highest BCUT2D eigenvalue weighted by molar-refractivity contribution is 8.27. The third kappa shape index (κ3) is 3.78. The molecule has 2 aliphatic heterocycles. The van der Waals surface area contributed by atoms with Crippen molar-refractivity contribution in [3.8, 4) is 11.3 Å². The maximum Gasteiger partial charge on any atom is 0.283 e. The second kappa shape index (κ2) is 8.26. The van der Waals surface area contributed by atoms with Gasteiger partial charge in [0.15, 0.2) is 5.84 Å². The highest BCUT2D eigenvalue weighted by Crippen LogP contribution is 2.35. The van der Waals surface area contributed by atoms with Crippen molar-refractivity contribution in [2.45, 2.75) is 0 Å². The van der Waals surface area contributed by atoms with Gasteiger partial charge in [0, 0.05) is 16.1 Å². The fraction of sp³-hybridized carbons (Fsp3) is 0. The average Bonchev–Trinajstić information content (AvgIpc) is 3.40. The lowest BCUT2D eigenvalue weighted by molar-refractivity contribution is -0.114. The Balaban J connectivity index is 1.47. The number of hydrazone groups is 1. The zero-order chi connectivity index (χ0) is 22.4. The summed E-state index contributed by atoms with van der Waals surface area (Å²) < 4.78 is 5.83. The molecule has 158 valence electrons. The molecular weight excluding hydrogens is 491 g/mol. The summed E-state index contributed by atoms with van der Waals surface area (Å²) in [4.78, 5) is 16.7. The summed E-state index contributed by atoms with van der Waals surface area (Å²) in [5.74, 6) is 0.195. The Bertz CT molecular complexity index is 1390. The van der Waals surface area contributed by atoms with Crippen molar-refractivity contribution in [2.75, 3.05) is 0 Å². The first-order chi connectivity index (χ1) is 15.4. The van der Waals surface area contributed by atoms with E-state index in [9.17, 15) is 4.79 Å². The standard InChI is InChI=1S/C22H11Cl3N4O2S/c23-11-5-7-17(25)14(9-11)18-8-6-12(31-18)10-15-19(26)29-22(27-20(15)30)32-21(28-29)13-3-1-2-4-16(13)24/h1-10,26H. The van der Waals surface area contributed by atoms with Gasteiger partial charge in [-0.05, 0) is 54.2 Å². The van der Waals surface area contributed by atoms with Gasteiger partial charge in [0.1, 0.15) is 16.6 Å². The van der Waals surface area contributed by atoms with Crippen molar-refractivity contribution < 1.29 is 9.21 Å². The largest absolute Gasteiger partial charge is 0.457 e. The number of furan rings is 1. The van der Waals surface area contributed by atoms with Gasteiger partial charge in [0.2, 0.25) is 5.17 Å². The number of carbonyl (C=O) groups excluding carboxylic acids is 1. The van der Waals surface area contributed by atoms with E-state index >= 15 is 0 Å². The van der Waals surface area contributed by atoms with Gasteiger partial charge in [0.25, 0.3) is 5.91 Å². The summed E-state index contributed by atoms with van der Waals surface area (Å²) >= 11 is 19.7. The molecule has 0 bridgehead atoms. The van der Waals surface area contributed by atoms with Gasteiger partial charge in [-0.2, -0.15) is 15.1 Å². The quantitative estimate of drug-likeness (QED) is 0.411. The van der Waals surface area contributed by atoms with Crippen LogP contribution in [0.5, 0.6) is 0 Å². The normalized spacial score (nSPS) is 17.0. The molecule has 32 heavy (non-hydrogen) atoms. The first-order valence-corrected chi connectivity index (χ1v) is 11.2. The maximum absolute atomic E-state index is 12.6. The smallest absolute Gasteiger partial charge is 0.283 e. The first-order valence-electron chi connectivity index (χ1n) is 9.21. The van der Waals surface area contributed by atoms with Crippen LogP contribution in [0.15, 0.2) is 74.7 Å². The van der Waals surface area contributed by atoms with Crippen molar-refractivity contribution in [1.82, 2.24) is 5.01 Å². The topological polar surface area (TPSA) is 82.0 Å². The van der Waals surface area contributed by atoms with E-state index in [2.05, 4.69) is 10.1 Å². The molecule has 0 aliphatic carbocycles. The molecule has 2 aromatic carbocycles. The zero-order valence-corrected chi connectivity index (χ0v) is 19.1. The van der Waals surface area contributed by atoms with Gasteiger partial charge in [-0.25, -0.2) is 0 Å². The van der Waals surface area contributed by atoms with Crippen molar-refractivity contribution in [1.29, 1.82) is 5.41 Å². The molecule has 0 unspecified atom stereocenters. The first kappa shape index (κ1) is 21.0. The van der Waals surface area contributed by atoms with Crippen LogP contribution in [-0.4, -0.2) is 27.0 Å². The van der Waals surface area contributed by atoms with Crippen molar-refractivity contribution >= 4 is 74.6 Å². The third-order valence-corrected chi connectivity index (χ3v) is 6.50. The summed E-state index contributed by atoms with van der Waals surface area (Å²) in [5.41, 5.74) is 1.38. The van der Waals surface area contributed by atoms with Crippen LogP contribution < -0.4 is 0 Å². The molecule has 5 rings (SSSR count). The van der Waals surface area contributed by atoms with Crippen LogP contribution in [0.4, 0.5) is 0 Å². The molecule has 6 nitrogen and oxygen atoms in total. The lowest BCUT2D eigenvalue weighted by Crippen LogP contribution is -2.35. The highest BCUT2D eigenvalue weighted by atomic mass is 35.5. The molecule has 3 aromatic rings. The number of hydrogen-bond donors (Lipinski definition) is 1. The van der Waals surface area contributed by atoms with Crippen molar-refractivity contribution in [3.05, 3.63) is 86.6 Å². The molecule has 1 aromatic heterocycles. The minimum Gasteiger partial charge on any atom is -0.457 e. The number of halogens is 3. The van der Waals surface area contributed by atoms with Gasteiger partial charge in [-0.15, -0.1) is 0 Å². The summed E-state index contributed by atoms with van der Waals surface area (Å²) in [6.45, 7) is 0. The Hall–Kier alpha value is -2.84. The number of aliphatic imine (C=N–C) groups is 1. The minimum absolute atomic E-state index is 0.0524. The Morgan fingerprint density at radius 3 is 2.59 bits per heavy atom. The van der Waals surface area contributed by atoms with E-state index in [1.54, 1.807) is 36.4 Å². The van der Waals surface area contributed by atoms with Crippen molar-refractivity contribution in [2.24, 2.45) is 10.1 Å². The van der Waals surface area contributed by atoms with Crippen LogP contribution in [0.25, 0.3) is 17.4 Å². The predicted octanol–water partition coefficient (Wildman–Crippen LogP) is 6.57. The number of nitrogens with zero attached hydrogens (tertiary/aromatic N) is 3. The van der Waals surface area contributed by atoms with Gasteiger partial charge >= 0.3 is 0 Å². The molecule has 0 fully saturated rings. The second-order valence-electron chi connectivity index (χ2n) is 6.73. The number of nitrogens with one attached hydrogen (secondary N) is 1. The van der Waals surface area contributed by atoms with Crippen LogP contribution in [0, 0.1) is 5.41 Å². The van der Waals surface area contributed by atoms with Crippen LogP contribution in [0.3, 0.4) is 0 Å². The van der Waals surface area contributed by atoms with E-state index in [0.717, 1.165) is 0 Å². The molecule has 0 saturated heterocycles. The summed E-state index contributed by atoms with van der Waals surface area (Å²) in [6.07, 6.45) is 1.46. The fourth-order valence-electron chi connectivity index (χ4n) is 3.14. The molecule has 1 N–H and O–H groups in total. The Morgan fingerprint density at radius 2 is 1.78 bits per heavy atom. The zero-order valence-electron chi connectivity index (χ0n) is 16.0. The number of benzene rings is 2. The molecule has 0 atom stereocenters. The molecule has 3 heterocycles. The Kier molecular flexibility index (Phi) is 5.43. The van der Waals surface area contributed by atoms with Gasteiger partial charge in [-0.1, -0.05) is 53.0 Å². The van der Waals surface area contributed by atoms with Crippen LogP contribution >= 0.6 is 46.6 Å². The maximum atomic E-state index is 12.6. The van der Waals surface area contributed by atoms with Gasteiger partial charge < -0.3 is 4.42 Å². The SMILES string of the molecule is N=C1C(=Cc2ccc(-c3cc(Cl)ccc3Cl)o2)C(=O)N=C2SC(c3ccccc3Cl)=NN12. The summed E-state index contributed by atoms with van der Waals surface area (Å²) in [5, 5.41) is 16.7. The highest BCUT2D eigenvalue weighted by Gasteiger charge is 2.36. The van der Waals surface area contributed by atoms with E-state index in [1.807, 2.05) is 18.2 Å². The number of thioether (sulfide) groups is 1. The molecule has 0 saturated carbocycles. The van der Waals surface area contributed by atoms with Gasteiger partial charge in [-0.3, -0.25) is 10.2 Å². The Labute approximate surface area is 201 Å². The summed E-state index contributed by atoms with van der Waals surface area (Å²) in [6, 6.07) is 15.7. The number of rotatable bonds is 3.